The van der Waals surface area contributed by atoms with E-state index in [-0.39, 0.29) is 11.4 Å². The third kappa shape index (κ3) is 3.38. The highest BCUT2D eigenvalue weighted by molar-refractivity contribution is 5.95. The van der Waals surface area contributed by atoms with Crippen LogP contribution >= 0.6 is 0 Å². The summed E-state index contributed by atoms with van der Waals surface area (Å²) >= 11 is 0. The molecule has 5 nitrogen and oxygen atoms in total. The average molecular weight is 264 g/mol. The molecule has 1 amide bonds. The van der Waals surface area contributed by atoms with Gasteiger partial charge in [-0.1, -0.05) is 0 Å². The highest BCUT2D eigenvalue weighted by Gasteiger charge is 2.21. The molecule has 5 heteroatoms. The van der Waals surface area contributed by atoms with Gasteiger partial charge in [-0.2, -0.15) is 0 Å². The molecule has 19 heavy (non-hydrogen) atoms. The predicted octanol–water partition coefficient (Wildman–Crippen LogP) is 1.31. The first-order chi connectivity index (χ1) is 9.02. The van der Waals surface area contributed by atoms with Crippen molar-refractivity contribution in [3.8, 4) is 11.5 Å². The molecular weight excluding hydrogens is 244 g/mol. The summed E-state index contributed by atoms with van der Waals surface area (Å²) in [6.07, 6.45) is 0.725. The van der Waals surface area contributed by atoms with Crippen molar-refractivity contribution in [3.05, 3.63) is 23.8 Å². The van der Waals surface area contributed by atoms with Crippen molar-refractivity contribution in [1.29, 1.82) is 0 Å². The maximum atomic E-state index is 12.2. The first kappa shape index (κ1) is 13.7. The van der Waals surface area contributed by atoms with Crippen molar-refractivity contribution in [2.75, 3.05) is 19.8 Å². The fourth-order valence-corrected chi connectivity index (χ4v) is 1.99. The molecule has 104 valence electrons. The standard InChI is InChI=1S/C14H20N2O3/c1-14(2,5-6-15)16-13(17)10-3-4-11-12(9-10)19-8-7-18-11/h3-4,9H,5-8,15H2,1-2H3,(H,16,17). The molecule has 0 spiro atoms. The Morgan fingerprint density at radius 2 is 2.00 bits per heavy atom. The van der Waals surface area contributed by atoms with Gasteiger partial charge >= 0.3 is 0 Å². The lowest BCUT2D eigenvalue weighted by Gasteiger charge is -2.26. The second-order valence-electron chi connectivity index (χ2n) is 5.24. The largest absolute Gasteiger partial charge is 0.486 e. The zero-order chi connectivity index (χ0) is 13.9. The van der Waals surface area contributed by atoms with Crippen LogP contribution in [0.25, 0.3) is 0 Å². The molecule has 1 aliphatic rings. The van der Waals surface area contributed by atoms with Crippen molar-refractivity contribution in [1.82, 2.24) is 5.32 Å². The molecule has 0 atom stereocenters. The van der Waals surface area contributed by atoms with Gasteiger partial charge in [0.25, 0.3) is 5.91 Å². The molecule has 0 aliphatic carbocycles. The Hall–Kier alpha value is -1.75. The van der Waals surface area contributed by atoms with Crippen molar-refractivity contribution in [2.24, 2.45) is 5.73 Å². The lowest BCUT2D eigenvalue weighted by Crippen LogP contribution is -2.44. The molecule has 2 rings (SSSR count). The number of nitrogens with two attached hydrogens (primary N) is 1. The molecule has 1 aromatic rings. The number of nitrogens with one attached hydrogen (secondary N) is 1. The van der Waals surface area contributed by atoms with Gasteiger partial charge in [-0.15, -0.1) is 0 Å². The van der Waals surface area contributed by atoms with E-state index >= 15 is 0 Å². The van der Waals surface area contributed by atoms with Crippen LogP contribution < -0.4 is 20.5 Å². The number of ether oxygens (including phenoxy) is 2. The second-order valence-corrected chi connectivity index (χ2v) is 5.24. The molecular formula is C14H20N2O3. The SMILES string of the molecule is CC(C)(CCN)NC(=O)c1ccc2c(c1)OCCO2. The summed E-state index contributed by atoms with van der Waals surface area (Å²) in [4.78, 5) is 12.2. The summed E-state index contributed by atoms with van der Waals surface area (Å²) in [5, 5.41) is 2.96. The number of hydrogen-bond acceptors (Lipinski definition) is 4. The van der Waals surface area contributed by atoms with Crippen LogP contribution in [0.15, 0.2) is 18.2 Å². The van der Waals surface area contributed by atoms with Crippen molar-refractivity contribution >= 4 is 5.91 Å². The minimum absolute atomic E-state index is 0.129. The summed E-state index contributed by atoms with van der Waals surface area (Å²) in [5.74, 6) is 1.18. The molecule has 1 aromatic carbocycles. The van der Waals surface area contributed by atoms with Crippen LogP contribution in [0.1, 0.15) is 30.6 Å². The van der Waals surface area contributed by atoms with Gasteiger partial charge in [-0.3, -0.25) is 4.79 Å². The van der Waals surface area contributed by atoms with E-state index in [9.17, 15) is 4.79 Å². The van der Waals surface area contributed by atoms with Gasteiger partial charge in [0, 0.05) is 11.1 Å². The van der Waals surface area contributed by atoms with E-state index in [0.29, 0.717) is 36.8 Å². The fraction of sp³-hybridized carbons (Fsp3) is 0.500. The molecule has 0 fully saturated rings. The lowest BCUT2D eigenvalue weighted by molar-refractivity contribution is 0.0909. The molecule has 0 saturated carbocycles. The quantitative estimate of drug-likeness (QED) is 0.860. The minimum Gasteiger partial charge on any atom is -0.486 e. The number of amides is 1. The molecule has 3 N–H and O–H groups in total. The zero-order valence-electron chi connectivity index (χ0n) is 11.4. The van der Waals surface area contributed by atoms with Crippen LogP contribution in [0.5, 0.6) is 11.5 Å². The topological polar surface area (TPSA) is 73.6 Å². The van der Waals surface area contributed by atoms with E-state index in [1.54, 1.807) is 18.2 Å². The number of benzene rings is 1. The van der Waals surface area contributed by atoms with Crippen LogP contribution in [0.3, 0.4) is 0 Å². The number of carbonyl (C=O) groups excluding carboxylic acids is 1. The van der Waals surface area contributed by atoms with Crippen LogP contribution in [0.4, 0.5) is 0 Å². The van der Waals surface area contributed by atoms with Gasteiger partial charge in [-0.05, 0) is 45.0 Å². The highest BCUT2D eigenvalue weighted by atomic mass is 16.6. The number of rotatable bonds is 4. The number of fused-ring (bicyclic) bond motifs is 1. The van der Waals surface area contributed by atoms with E-state index in [4.69, 9.17) is 15.2 Å². The van der Waals surface area contributed by atoms with Crippen LogP contribution in [-0.4, -0.2) is 31.2 Å². The molecule has 1 aliphatic heterocycles. The monoisotopic (exact) mass is 264 g/mol. The van der Waals surface area contributed by atoms with E-state index in [0.717, 1.165) is 6.42 Å². The Kier molecular flexibility index (Phi) is 3.95. The van der Waals surface area contributed by atoms with Crippen molar-refractivity contribution < 1.29 is 14.3 Å². The van der Waals surface area contributed by atoms with E-state index in [1.807, 2.05) is 13.8 Å². The van der Waals surface area contributed by atoms with Crippen molar-refractivity contribution in [2.45, 2.75) is 25.8 Å². The highest BCUT2D eigenvalue weighted by Crippen LogP contribution is 2.30. The maximum Gasteiger partial charge on any atom is 0.251 e. The van der Waals surface area contributed by atoms with Gasteiger partial charge in [0.1, 0.15) is 13.2 Å². The molecule has 0 bridgehead atoms. The average Bonchev–Trinajstić information content (AvgIpc) is 2.37. The molecule has 0 radical (unpaired) electrons. The van der Waals surface area contributed by atoms with Gasteiger partial charge in [0.2, 0.25) is 0 Å². The van der Waals surface area contributed by atoms with E-state index in [2.05, 4.69) is 5.32 Å². The van der Waals surface area contributed by atoms with Gasteiger partial charge < -0.3 is 20.5 Å². The minimum atomic E-state index is -0.320. The number of carbonyl (C=O) groups is 1. The summed E-state index contributed by atoms with van der Waals surface area (Å²) in [6.45, 7) is 5.50. The van der Waals surface area contributed by atoms with E-state index < -0.39 is 0 Å². The Labute approximate surface area is 113 Å². The summed E-state index contributed by atoms with van der Waals surface area (Å²) in [7, 11) is 0. The van der Waals surface area contributed by atoms with Crippen LogP contribution in [0.2, 0.25) is 0 Å². The van der Waals surface area contributed by atoms with Crippen LogP contribution in [0, 0.1) is 0 Å². The maximum absolute atomic E-state index is 12.2. The summed E-state index contributed by atoms with van der Waals surface area (Å²) in [5.41, 5.74) is 5.78. The second kappa shape index (κ2) is 5.48. The van der Waals surface area contributed by atoms with Crippen molar-refractivity contribution in [3.63, 3.8) is 0 Å². The lowest BCUT2D eigenvalue weighted by atomic mass is 10.00. The van der Waals surface area contributed by atoms with Crippen LogP contribution in [-0.2, 0) is 0 Å². The smallest absolute Gasteiger partial charge is 0.251 e. The Morgan fingerprint density at radius 1 is 1.32 bits per heavy atom. The van der Waals surface area contributed by atoms with Gasteiger partial charge in [0.05, 0.1) is 0 Å². The molecule has 0 aromatic heterocycles. The first-order valence-corrected chi connectivity index (χ1v) is 6.44. The fourth-order valence-electron chi connectivity index (χ4n) is 1.99. The molecule has 0 saturated heterocycles. The van der Waals surface area contributed by atoms with E-state index in [1.165, 1.54) is 0 Å². The first-order valence-electron chi connectivity index (χ1n) is 6.44. The number of hydrogen-bond donors (Lipinski definition) is 2. The normalized spacial score (nSPS) is 14.1. The predicted molar refractivity (Wildman–Crippen MR) is 72.6 cm³/mol. The zero-order valence-corrected chi connectivity index (χ0v) is 11.4. The Morgan fingerprint density at radius 3 is 2.68 bits per heavy atom. The Bertz CT molecular complexity index is 472. The molecule has 1 heterocycles. The summed E-state index contributed by atoms with van der Waals surface area (Å²) in [6, 6.07) is 5.21. The summed E-state index contributed by atoms with van der Waals surface area (Å²) < 4.78 is 10.9. The van der Waals surface area contributed by atoms with Gasteiger partial charge in [-0.25, -0.2) is 0 Å². The van der Waals surface area contributed by atoms with Gasteiger partial charge in [0.15, 0.2) is 11.5 Å². The molecule has 0 unspecified atom stereocenters. The Balaban J connectivity index is 2.11. The third-order valence-electron chi connectivity index (χ3n) is 3.03. The third-order valence-corrected chi connectivity index (χ3v) is 3.03.